The van der Waals surface area contributed by atoms with Crippen molar-refractivity contribution in [3.8, 4) is 0 Å². The van der Waals surface area contributed by atoms with Crippen molar-refractivity contribution < 1.29 is 0 Å². The van der Waals surface area contributed by atoms with Crippen LogP contribution in [0.2, 0.25) is 0 Å². The number of nitrogens with one attached hydrogen (secondary N) is 1. The molecule has 0 atom stereocenters. The minimum atomic E-state index is 0.526. The summed E-state index contributed by atoms with van der Waals surface area (Å²) in [5, 5.41) is 3.14. The second-order valence-corrected chi connectivity index (χ2v) is 2.97. The van der Waals surface area contributed by atoms with Crippen LogP contribution in [0.1, 0.15) is 6.92 Å². The van der Waals surface area contributed by atoms with E-state index < -0.39 is 0 Å². The van der Waals surface area contributed by atoms with E-state index in [1.54, 1.807) is 12.3 Å². The normalized spacial score (nSPS) is 9.64. The molecule has 1 rings (SSSR count). The summed E-state index contributed by atoms with van der Waals surface area (Å²) in [5.74, 6) is 0.526. The van der Waals surface area contributed by atoms with Crippen molar-refractivity contribution in [1.29, 1.82) is 0 Å². The molecule has 0 unspecified atom stereocenters. The Bertz CT molecular complexity index is 249. The van der Waals surface area contributed by atoms with Crippen molar-refractivity contribution in [1.82, 2.24) is 4.98 Å². The summed E-state index contributed by atoms with van der Waals surface area (Å²) in [6, 6.07) is 1.78. The Balaban J connectivity index is 2.90. The number of hydrogen-bond acceptors (Lipinski definition) is 3. The Hall–Kier alpha value is -0.770. The van der Waals surface area contributed by atoms with Gasteiger partial charge in [0, 0.05) is 11.0 Å². The first kappa shape index (κ1) is 8.33. The van der Waals surface area contributed by atoms with Crippen LogP contribution in [-0.2, 0) is 0 Å². The van der Waals surface area contributed by atoms with Crippen LogP contribution in [-0.4, -0.2) is 11.5 Å². The van der Waals surface area contributed by atoms with E-state index in [1.807, 2.05) is 6.92 Å². The first-order valence-corrected chi connectivity index (χ1v) is 4.18. The van der Waals surface area contributed by atoms with Crippen LogP contribution in [0.5, 0.6) is 0 Å². The predicted octanol–water partition coefficient (Wildman–Crippen LogP) is 1.86. The van der Waals surface area contributed by atoms with Crippen molar-refractivity contribution in [2.75, 3.05) is 17.6 Å². The van der Waals surface area contributed by atoms with Gasteiger partial charge in [0.15, 0.2) is 0 Å². The van der Waals surface area contributed by atoms with Gasteiger partial charge in [0.2, 0.25) is 0 Å². The molecule has 0 saturated carbocycles. The van der Waals surface area contributed by atoms with Crippen LogP contribution in [0, 0.1) is 0 Å². The van der Waals surface area contributed by atoms with Gasteiger partial charge < -0.3 is 11.1 Å². The highest BCUT2D eigenvalue weighted by molar-refractivity contribution is 9.10. The smallest absolute Gasteiger partial charge is 0.124 e. The maximum Gasteiger partial charge on any atom is 0.124 e. The first-order chi connectivity index (χ1) is 5.24. The van der Waals surface area contributed by atoms with Gasteiger partial charge in [-0.15, -0.1) is 0 Å². The molecule has 1 aromatic heterocycles. The molecule has 0 saturated heterocycles. The largest absolute Gasteiger partial charge is 0.384 e. The highest BCUT2D eigenvalue weighted by atomic mass is 79.9. The van der Waals surface area contributed by atoms with Crippen LogP contribution in [0.25, 0.3) is 0 Å². The zero-order valence-corrected chi connectivity index (χ0v) is 7.85. The lowest BCUT2D eigenvalue weighted by atomic mass is 10.4. The molecular weight excluding hydrogens is 206 g/mol. The van der Waals surface area contributed by atoms with E-state index in [4.69, 9.17) is 5.73 Å². The summed E-state index contributed by atoms with van der Waals surface area (Å²) in [6.45, 7) is 2.91. The average molecular weight is 216 g/mol. The molecule has 0 fully saturated rings. The molecule has 1 heterocycles. The van der Waals surface area contributed by atoms with Crippen LogP contribution >= 0.6 is 15.9 Å². The number of pyridine rings is 1. The van der Waals surface area contributed by atoms with Gasteiger partial charge in [0.05, 0.1) is 11.9 Å². The maximum absolute atomic E-state index is 5.45. The number of nitrogens with two attached hydrogens (primary N) is 1. The second kappa shape index (κ2) is 3.57. The number of halogens is 1. The molecule has 3 N–H and O–H groups in total. The predicted molar refractivity (Wildman–Crippen MR) is 50.5 cm³/mol. The SMILES string of the molecule is CCNc1cnc(N)cc1Br. The van der Waals surface area contributed by atoms with Gasteiger partial charge >= 0.3 is 0 Å². The summed E-state index contributed by atoms with van der Waals surface area (Å²) in [7, 11) is 0. The molecule has 0 aliphatic heterocycles. The minimum absolute atomic E-state index is 0.526. The number of aromatic nitrogens is 1. The van der Waals surface area contributed by atoms with E-state index >= 15 is 0 Å². The third-order valence-electron chi connectivity index (χ3n) is 1.24. The second-order valence-electron chi connectivity index (χ2n) is 2.12. The Kier molecular flexibility index (Phi) is 2.70. The Morgan fingerprint density at radius 3 is 3.00 bits per heavy atom. The number of nitrogen functional groups attached to an aromatic ring is 1. The van der Waals surface area contributed by atoms with Gasteiger partial charge in [-0.1, -0.05) is 0 Å². The zero-order chi connectivity index (χ0) is 8.27. The maximum atomic E-state index is 5.45. The Labute approximate surface area is 74.1 Å². The molecule has 60 valence electrons. The zero-order valence-electron chi connectivity index (χ0n) is 6.26. The van der Waals surface area contributed by atoms with Crippen molar-refractivity contribution >= 4 is 27.4 Å². The fourth-order valence-electron chi connectivity index (χ4n) is 0.766. The lowest BCUT2D eigenvalue weighted by Crippen LogP contribution is -1.99. The molecule has 0 spiro atoms. The molecule has 11 heavy (non-hydrogen) atoms. The lowest BCUT2D eigenvalue weighted by molar-refractivity contribution is 1.19. The summed E-state index contributed by atoms with van der Waals surface area (Å²) >= 11 is 3.37. The fourth-order valence-corrected chi connectivity index (χ4v) is 1.24. The minimum Gasteiger partial charge on any atom is -0.384 e. The molecule has 1 aromatic rings. The average Bonchev–Trinajstić information content (AvgIpc) is 1.95. The molecule has 0 aromatic carbocycles. The fraction of sp³-hybridized carbons (Fsp3) is 0.286. The van der Waals surface area contributed by atoms with E-state index in [1.165, 1.54) is 0 Å². The topological polar surface area (TPSA) is 50.9 Å². The molecule has 0 aliphatic rings. The molecule has 0 amide bonds. The van der Waals surface area contributed by atoms with Crippen LogP contribution < -0.4 is 11.1 Å². The van der Waals surface area contributed by atoms with Gasteiger partial charge in [-0.25, -0.2) is 4.98 Å². The molecule has 4 heteroatoms. The quantitative estimate of drug-likeness (QED) is 0.793. The van der Waals surface area contributed by atoms with Crippen molar-refractivity contribution in [2.45, 2.75) is 6.92 Å². The van der Waals surface area contributed by atoms with Crippen molar-refractivity contribution in [2.24, 2.45) is 0 Å². The Morgan fingerprint density at radius 2 is 2.45 bits per heavy atom. The van der Waals surface area contributed by atoms with Gasteiger partial charge in [-0.3, -0.25) is 0 Å². The van der Waals surface area contributed by atoms with E-state index in [0.29, 0.717) is 5.82 Å². The third-order valence-corrected chi connectivity index (χ3v) is 1.90. The van der Waals surface area contributed by atoms with Gasteiger partial charge in [0.1, 0.15) is 5.82 Å². The van der Waals surface area contributed by atoms with E-state index in [2.05, 4.69) is 26.2 Å². The highest BCUT2D eigenvalue weighted by Crippen LogP contribution is 2.22. The summed E-state index contributed by atoms with van der Waals surface area (Å²) in [6.07, 6.45) is 1.71. The number of rotatable bonds is 2. The van der Waals surface area contributed by atoms with E-state index in [9.17, 15) is 0 Å². The van der Waals surface area contributed by atoms with Gasteiger partial charge in [0.25, 0.3) is 0 Å². The van der Waals surface area contributed by atoms with Crippen LogP contribution in [0.3, 0.4) is 0 Å². The van der Waals surface area contributed by atoms with Crippen LogP contribution in [0.15, 0.2) is 16.7 Å². The molecule has 3 nitrogen and oxygen atoms in total. The molecular formula is C7H10BrN3. The van der Waals surface area contributed by atoms with Gasteiger partial charge in [-0.2, -0.15) is 0 Å². The van der Waals surface area contributed by atoms with Gasteiger partial charge in [-0.05, 0) is 28.9 Å². The molecule has 0 radical (unpaired) electrons. The summed E-state index contributed by atoms with van der Waals surface area (Å²) in [5.41, 5.74) is 6.43. The lowest BCUT2D eigenvalue weighted by Gasteiger charge is -2.04. The van der Waals surface area contributed by atoms with Crippen LogP contribution in [0.4, 0.5) is 11.5 Å². The van der Waals surface area contributed by atoms with E-state index in [0.717, 1.165) is 16.7 Å². The number of hydrogen-bond donors (Lipinski definition) is 2. The monoisotopic (exact) mass is 215 g/mol. The number of nitrogens with zero attached hydrogens (tertiary/aromatic N) is 1. The van der Waals surface area contributed by atoms with E-state index in [-0.39, 0.29) is 0 Å². The Morgan fingerprint density at radius 1 is 1.73 bits per heavy atom. The summed E-state index contributed by atoms with van der Waals surface area (Å²) in [4.78, 5) is 3.94. The first-order valence-electron chi connectivity index (χ1n) is 3.39. The molecule has 0 bridgehead atoms. The molecule has 0 aliphatic carbocycles. The standard InChI is InChI=1S/C7H10BrN3/c1-2-10-6-4-11-7(9)3-5(6)8/h3-4,10H,2H2,1H3,(H2,9,11). The van der Waals surface area contributed by atoms with Crippen molar-refractivity contribution in [3.63, 3.8) is 0 Å². The summed E-state index contributed by atoms with van der Waals surface area (Å²) < 4.78 is 0.951. The third kappa shape index (κ3) is 2.08. The number of anilines is 2. The highest BCUT2D eigenvalue weighted by Gasteiger charge is 1.97. The van der Waals surface area contributed by atoms with Crippen molar-refractivity contribution in [3.05, 3.63) is 16.7 Å².